The maximum Gasteiger partial charge on any atom is 0.152 e. The van der Waals surface area contributed by atoms with Crippen LogP contribution in [0.2, 0.25) is 0 Å². The quantitative estimate of drug-likeness (QED) is 0.731. The lowest BCUT2D eigenvalue weighted by Gasteiger charge is -2.03. The molecule has 0 fully saturated rings. The zero-order valence-corrected chi connectivity index (χ0v) is 9.19. The number of hydrogen-bond donors (Lipinski definition) is 0. The molecule has 1 aromatic heterocycles. The fourth-order valence-corrected chi connectivity index (χ4v) is 2.21. The molecule has 0 saturated carbocycles. The van der Waals surface area contributed by atoms with Gasteiger partial charge in [0.2, 0.25) is 0 Å². The molecule has 2 rings (SSSR count). The Labute approximate surface area is 89.8 Å². The molecule has 2 nitrogen and oxygen atoms in total. The average Bonchev–Trinajstić information content (AvgIpc) is 2.71. The molecule has 0 aliphatic heterocycles. The van der Waals surface area contributed by atoms with Crippen LogP contribution in [0.25, 0.3) is 10.6 Å². The predicted molar refractivity (Wildman–Crippen MR) is 58.7 cm³/mol. The minimum Gasteiger partial charge on any atom is -0.612 e. The molecule has 0 saturated heterocycles. The van der Waals surface area contributed by atoms with Gasteiger partial charge in [0.05, 0.1) is 5.38 Å². The zero-order valence-electron chi connectivity index (χ0n) is 7.56. The Morgan fingerprint density at radius 2 is 2.07 bits per heavy atom. The van der Waals surface area contributed by atoms with Gasteiger partial charge in [-0.15, -0.1) is 11.3 Å². The second kappa shape index (κ2) is 4.13. The molecule has 0 aliphatic rings. The van der Waals surface area contributed by atoms with Crippen LogP contribution in [0.5, 0.6) is 0 Å². The Morgan fingerprint density at radius 1 is 1.36 bits per heavy atom. The smallest absolute Gasteiger partial charge is 0.152 e. The lowest BCUT2D eigenvalue weighted by molar-refractivity contribution is 0.601. The molecule has 0 amide bonds. The summed E-state index contributed by atoms with van der Waals surface area (Å²) in [5, 5.41) is 3.88. The second-order valence-corrected chi connectivity index (χ2v) is 4.97. The SMILES string of the molecule is C[S+]([O-])c1ccc(-c2nc[c]s2)cc1. The van der Waals surface area contributed by atoms with E-state index in [0.29, 0.717) is 0 Å². The standard InChI is InChI=1S/C10H8NOS2/c1-14(12)9-4-2-8(3-5-9)10-11-6-7-13-10/h2-6H,1H3. The van der Waals surface area contributed by atoms with Gasteiger partial charge in [-0.2, -0.15) is 0 Å². The molecule has 4 heteroatoms. The van der Waals surface area contributed by atoms with Crippen LogP contribution in [-0.2, 0) is 11.2 Å². The summed E-state index contributed by atoms with van der Waals surface area (Å²) in [6, 6.07) is 7.60. The van der Waals surface area contributed by atoms with Gasteiger partial charge in [-0.05, 0) is 35.4 Å². The van der Waals surface area contributed by atoms with E-state index in [9.17, 15) is 4.55 Å². The second-order valence-electron chi connectivity index (χ2n) is 2.76. The highest BCUT2D eigenvalue weighted by molar-refractivity contribution is 7.90. The summed E-state index contributed by atoms with van der Waals surface area (Å²) in [7, 11) is 0. The number of aromatic nitrogens is 1. The minimum atomic E-state index is -0.909. The van der Waals surface area contributed by atoms with E-state index in [2.05, 4.69) is 10.4 Å². The summed E-state index contributed by atoms with van der Waals surface area (Å²) < 4.78 is 11.1. The van der Waals surface area contributed by atoms with Crippen molar-refractivity contribution in [1.82, 2.24) is 4.98 Å². The van der Waals surface area contributed by atoms with E-state index < -0.39 is 11.2 Å². The first-order valence-electron chi connectivity index (χ1n) is 4.03. The van der Waals surface area contributed by atoms with Crippen LogP contribution >= 0.6 is 11.3 Å². The predicted octanol–water partition coefficient (Wildman–Crippen LogP) is 2.35. The van der Waals surface area contributed by atoms with Crippen LogP contribution in [0.15, 0.2) is 35.4 Å². The van der Waals surface area contributed by atoms with Crippen LogP contribution in [0, 0.1) is 5.38 Å². The van der Waals surface area contributed by atoms with Crippen molar-refractivity contribution in [3.05, 3.63) is 35.8 Å². The van der Waals surface area contributed by atoms with Gasteiger partial charge in [0.25, 0.3) is 0 Å². The van der Waals surface area contributed by atoms with Gasteiger partial charge in [0, 0.05) is 11.8 Å². The van der Waals surface area contributed by atoms with Crippen LogP contribution < -0.4 is 0 Å². The Kier molecular flexibility index (Phi) is 2.86. The van der Waals surface area contributed by atoms with Gasteiger partial charge in [0.1, 0.15) is 11.3 Å². The molecule has 71 valence electrons. The highest BCUT2D eigenvalue weighted by Crippen LogP contribution is 2.22. The van der Waals surface area contributed by atoms with E-state index in [1.807, 2.05) is 24.3 Å². The third kappa shape index (κ3) is 1.97. The average molecular weight is 222 g/mol. The van der Waals surface area contributed by atoms with Crippen molar-refractivity contribution in [1.29, 1.82) is 0 Å². The highest BCUT2D eigenvalue weighted by atomic mass is 32.2. The fourth-order valence-electron chi connectivity index (χ4n) is 1.12. The van der Waals surface area contributed by atoms with E-state index in [0.717, 1.165) is 15.5 Å². The van der Waals surface area contributed by atoms with Crippen LogP contribution in [0.3, 0.4) is 0 Å². The van der Waals surface area contributed by atoms with E-state index in [1.54, 1.807) is 12.5 Å². The Morgan fingerprint density at radius 3 is 2.57 bits per heavy atom. The third-order valence-corrected chi connectivity index (χ3v) is 3.52. The highest BCUT2D eigenvalue weighted by Gasteiger charge is 2.05. The van der Waals surface area contributed by atoms with Crippen LogP contribution in [-0.4, -0.2) is 15.8 Å². The molecule has 1 radical (unpaired) electrons. The van der Waals surface area contributed by atoms with Crippen LogP contribution in [0.1, 0.15) is 0 Å². The molecule has 1 heterocycles. The molecule has 14 heavy (non-hydrogen) atoms. The summed E-state index contributed by atoms with van der Waals surface area (Å²) in [6.07, 6.45) is 3.33. The van der Waals surface area contributed by atoms with E-state index in [-0.39, 0.29) is 0 Å². The lowest BCUT2D eigenvalue weighted by atomic mass is 10.2. The van der Waals surface area contributed by atoms with Crippen molar-refractivity contribution < 1.29 is 4.55 Å². The molecule has 1 unspecified atom stereocenters. The summed E-state index contributed by atoms with van der Waals surface area (Å²) in [5.41, 5.74) is 1.05. The maximum atomic E-state index is 11.1. The number of thiazole rings is 1. The number of hydrogen-bond acceptors (Lipinski definition) is 3. The van der Waals surface area contributed by atoms with Gasteiger partial charge in [-0.1, -0.05) is 0 Å². The Hall–Kier alpha value is -0.840. The van der Waals surface area contributed by atoms with Crippen molar-refractivity contribution >= 4 is 22.5 Å². The molecule has 0 N–H and O–H groups in total. The van der Waals surface area contributed by atoms with Gasteiger partial charge in [-0.25, -0.2) is 4.98 Å². The zero-order chi connectivity index (χ0) is 9.97. The van der Waals surface area contributed by atoms with E-state index in [4.69, 9.17) is 0 Å². The molecule has 0 aliphatic carbocycles. The molecule has 1 aromatic carbocycles. The van der Waals surface area contributed by atoms with Crippen LogP contribution in [0.4, 0.5) is 0 Å². The molecular formula is C10H8NOS2. The van der Waals surface area contributed by atoms with Crippen molar-refractivity contribution in [3.63, 3.8) is 0 Å². The third-order valence-electron chi connectivity index (χ3n) is 1.82. The number of benzene rings is 1. The monoisotopic (exact) mass is 222 g/mol. The molecule has 2 aromatic rings. The van der Waals surface area contributed by atoms with Gasteiger partial charge < -0.3 is 4.55 Å². The summed E-state index contributed by atoms with van der Waals surface area (Å²) in [4.78, 5) is 4.99. The Bertz CT molecular complexity index is 395. The normalized spacial score (nSPS) is 12.7. The minimum absolute atomic E-state index is 0.842. The van der Waals surface area contributed by atoms with Gasteiger partial charge >= 0.3 is 0 Å². The lowest BCUT2D eigenvalue weighted by Crippen LogP contribution is -1.96. The topological polar surface area (TPSA) is 36.0 Å². The summed E-state index contributed by atoms with van der Waals surface area (Å²) in [5.74, 6) is 0. The summed E-state index contributed by atoms with van der Waals surface area (Å²) in [6.45, 7) is 0. The van der Waals surface area contributed by atoms with Crippen molar-refractivity contribution in [3.8, 4) is 10.6 Å². The Balaban J connectivity index is 2.31. The summed E-state index contributed by atoms with van der Waals surface area (Å²) >= 11 is 0.569. The van der Waals surface area contributed by atoms with Crippen molar-refractivity contribution in [2.45, 2.75) is 4.90 Å². The first-order valence-corrected chi connectivity index (χ1v) is 6.40. The number of rotatable bonds is 2. The first-order chi connectivity index (χ1) is 6.77. The maximum absolute atomic E-state index is 11.1. The van der Waals surface area contributed by atoms with E-state index >= 15 is 0 Å². The largest absolute Gasteiger partial charge is 0.612 e. The fraction of sp³-hybridized carbons (Fsp3) is 0.100. The van der Waals surface area contributed by atoms with Gasteiger partial charge in [0.15, 0.2) is 4.90 Å². The molecule has 0 spiro atoms. The van der Waals surface area contributed by atoms with Crippen molar-refractivity contribution in [2.24, 2.45) is 0 Å². The molecule has 1 atom stereocenters. The number of nitrogens with zero attached hydrogens (tertiary/aromatic N) is 1. The first kappa shape index (κ1) is 9.71. The molecular weight excluding hydrogens is 214 g/mol. The molecule has 0 bridgehead atoms. The van der Waals surface area contributed by atoms with Gasteiger partial charge in [-0.3, -0.25) is 0 Å². The van der Waals surface area contributed by atoms with E-state index in [1.165, 1.54) is 11.3 Å². The van der Waals surface area contributed by atoms with Crippen molar-refractivity contribution in [2.75, 3.05) is 6.26 Å².